The number of aromatic nitrogens is 4. The smallest absolute Gasteiger partial charge is 0.180 e. The second-order valence-corrected chi connectivity index (χ2v) is 4.54. The Morgan fingerprint density at radius 1 is 1.25 bits per heavy atom. The molecule has 0 bridgehead atoms. The van der Waals surface area contributed by atoms with Crippen LogP contribution >= 0.6 is 0 Å². The lowest BCUT2D eigenvalue weighted by Crippen LogP contribution is -2.06. The molecule has 6 nitrogen and oxygen atoms in total. The molecule has 6 heteroatoms. The fourth-order valence-corrected chi connectivity index (χ4v) is 1.96. The van der Waals surface area contributed by atoms with Gasteiger partial charge in [0.15, 0.2) is 11.5 Å². The lowest BCUT2D eigenvalue weighted by molar-refractivity contribution is 1.05. The van der Waals surface area contributed by atoms with Crippen LogP contribution in [0.4, 0.5) is 11.6 Å². The Labute approximate surface area is 116 Å². The largest absolute Gasteiger partial charge is 0.372 e. The summed E-state index contributed by atoms with van der Waals surface area (Å²) in [6, 6.07) is 4.06. The molecule has 3 heterocycles. The third-order valence-corrected chi connectivity index (χ3v) is 3.06. The van der Waals surface area contributed by atoms with Crippen molar-refractivity contribution in [3.05, 3.63) is 48.2 Å². The number of hydrogen-bond donors (Lipinski definition) is 2. The molecule has 102 valence electrons. The van der Waals surface area contributed by atoms with E-state index in [1.165, 1.54) is 0 Å². The molecule has 3 aromatic heterocycles. The first-order valence-electron chi connectivity index (χ1n) is 6.43. The molecular weight excluding hydrogens is 252 g/mol. The summed E-state index contributed by atoms with van der Waals surface area (Å²) in [6.07, 6.45) is 7.43. The topological polar surface area (TPSA) is 67.1 Å². The normalized spacial score (nSPS) is 10.7. The molecule has 0 atom stereocenters. The Morgan fingerprint density at radius 2 is 2.15 bits per heavy atom. The Morgan fingerprint density at radius 3 is 2.90 bits per heavy atom. The summed E-state index contributed by atoms with van der Waals surface area (Å²) in [5.41, 5.74) is 2.93. The van der Waals surface area contributed by atoms with Crippen LogP contribution in [-0.2, 0) is 6.54 Å². The van der Waals surface area contributed by atoms with Gasteiger partial charge in [-0.05, 0) is 18.6 Å². The van der Waals surface area contributed by atoms with Gasteiger partial charge in [0, 0.05) is 37.9 Å². The zero-order valence-electron chi connectivity index (χ0n) is 11.5. The molecule has 0 unspecified atom stereocenters. The van der Waals surface area contributed by atoms with Gasteiger partial charge >= 0.3 is 0 Å². The average Bonchev–Trinajstić information content (AvgIpc) is 2.94. The van der Waals surface area contributed by atoms with Gasteiger partial charge in [-0.2, -0.15) is 0 Å². The third kappa shape index (κ3) is 2.40. The summed E-state index contributed by atoms with van der Waals surface area (Å²) in [6.45, 7) is 2.64. The van der Waals surface area contributed by atoms with E-state index in [0.717, 1.165) is 28.5 Å². The van der Waals surface area contributed by atoms with Gasteiger partial charge in [0.05, 0.1) is 6.20 Å². The van der Waals surface area contributed by atoms with Gasteiger partial charge in [-0.15, -0.1) is 0 Å². The van der Waals surface area contributed by atoms with Crippen molar-refractivity contribution < 1.29 is 0 Å². The van der Waals surface area contributed by atoms with E-state index in [4.69, 9.17) is 0 Å². The van der Waals surface area contributed by atoms with E-state index in [9.17, 15) is 0 Å². The van der Waals surface area contributed by atoms with Crippen LogP contribution in [-0.4, -0.2) is 26.4 Å². The zero-order chi connectivity index (χ0) is 13.9. The lowest BCUT2D eigenvalue weighted by Gasteiger charge is -2.09. The fourth-order valence-electron chi connectivity index (χ4n) is 1.96. The number of pyridine rings is 1. The molecule has 0 radical (unpaired) electrons. The van der Waals surface area contributed by atoms with Crippen LogP contribution in [0.1, 0.15) is 11.3 Å². The van der Waals surface area contributed by atoms with Gasteiger partial charge in [-0.25, -0.2) is 9.97 Å². The average molecular weight is 268 g/mol. The van der Waals surface area contributed by atoms with Crippen LogP contribution in [0.3, 0.4) is 0 Å². The monoisotopic (exact) mass is 268 g/mol. The minimum absolute atomic E-state index is 0.663. The van der Waals surface area contributed by atoms with E-state index in [1.54, 1.807) is 6.20 Å². The second-order valence-electron chi connectivity index (χ2n) is 4.54. The standard InChI is InChI=1S/C14H16N6/c1-10-3-4-11(7-17-10)8-18-13-14-16-5-6-20(14)9-12(15-2)19-13/h3-7,9,15H,8H2,1-2H3,(H,18,19). The Hall–Kier alpha value is -2.63. The Kier molecular flexibility index (Phi) is 3.20. The van der Waals surface area contributed by atoms with Gasteiger partial charge in [0.25, 0.3) is 0 Å². The lowest BCUT2D eigenvalue weighted by atomic mass is 10.2. The number of rotatable bonds is 4. The van der Waals surface area contributed by atoms with Crippen molar-refractivity contribution in [3.63, 3.8) is 0 Å². The van der Waals surface area contributed by atoms with Crippen molar-refractivity contribution in [2.75, 3.05) is 17.7 Å². The number of aryl methyl sites for hydroxylation is 1. The first-order valence-corrected chi connectivity index (χ1v) is 6.43. The number of anilines is 2. The van der Waals surface area contributed by atoms with Crippen molar-refractivity contribution in [1.29, 1.82) is 0 Å². The summed E-state index contributed by atoms with van der Waals surface area (Å²) >= 11 is 0. The highest BCUT2D eigenvalue weighted by Gasteiger charge is 2.06. The molecule has 0 amide bonds. The van der Waals surface area contributed by atoms with Crippen molar-refractivity contribution >= 4 is 17.3 Å². The van der Waals surface area contributed by atoms with E-state index in [1.807, 2.05) is 43.0 Å². The highest BCUT2D eigenvalue weighted by molar-refractivity contribution is 5.65. The summed E-state index contributed by atoms with van der Waals surface area (Å²) in [5.74, 6) is 1.54. The first-order chi connectivity index (χ1) is 9.76. The molecule has 0 saturated carbocycles. The van der Waals surface area contributed by atoms with Crippen LogP contribution in [0.5, 0.6) is 0 Å². The Bertz CT molecular complexity index is 716. The Balaban J connectivity index is 1.86. The van der Waals surface area contributed by atoms with Crippen LogP contribution in [0, 0.1) is 6.92 Å². The minimum atomic E-state index is 0.663. The summed E-state index contributed by atoms with van der Waals surface area (Å²) in [7, 11) is 1.85. The predicted octanol–water partition coefficient (Wildman–Crippen LogP) is 2.09. The van der Waals surface area contributed by atoms with Crippen LogP contribution in [0.15, 0.2) is 36.9 Å². The molecule has 20 heavy (non-hydrogen) atoms. The number of nitrogens with zero attached hydrogens (tertiary/aromatic N) is 4. The fraction of sp³-hybridized carbons (Fsp3) is 0.214. The zero-order valence-corrected chi connectivity index (χ0v) is 11.5. The van der Waals surface area contributed by atoms with Gasteiger partial charge in [0.1, 0.15) is 5.82 Å². The molecular formula is C14H16N6. The van der Waals surface area contributed by atoms with Gasteiger partial charge < -0.3 is 15.0 Å². The molecule has 0 aliphatic rings. The van der Waals surface area contributed by atoms with E-state index >= 15 is 0 Å². The highest BCUT2D eigenvalue weighted by atomic mass is 15.1. The molecule has 2 N–H and O–H groups in total. The maximum atomic E-state index is 4.50. The SMILES string of the molecule is CNc1cn2ccnc2c(NCc2ccc(C)nc2)n1. The third-order valence-electron chi connectivity index (χ3n) is 3.06. The van der Waals surface area contributed by atoms with Crippen LogP contribution in [0.25, 0.3) is 5.65 Å². The van der Waals surface area contributed by atoms with Crippen molar-refractivity contribution in [2.24, 2.45) is 0 Å². The number of fused-ring (bicyclic) bond motifs is 1. The van der Waals surface area contributed by atoms with E-state index in [2.05, 4.69) is 31.7 Å². The predicted molar refractivity (Wildman–Crippen MR) is 78.8 cm³/mol. The van der Waals surface area contributed by atoms with Crippen LogP contribution in [0.2, 0.25) is 0 Å². The van der Waals surface area contributed by atoms with Crippen molar-refractivity contribution in [1.82, 2.24) is 19.4 Å². The molecule has 3 rings (SSSR count). The molecule has 0 fully saturated rings. The molecule has 3 aromatic rings. The number of nitrogens with one attached hydrogen (secondary N) is 2. The number of imidazole rings is 1. The molecule has 0 aromatic carbocycles. The van der Waals surface area contributed by atoms with E-state index in [-0.39, 0.29) is 0 Å². The molecule has 0 spiro atoms. The maximum Gasteiger partial charge on any atom is 0.180 e. The summed E-state index contributed by atoms with van der Waals surface area (Å²) in [4.78, 5) is 13.1. The van der Waals surface area contributed by atoms with Crippen LogP contribution < -0.4 is 10.6 Å². The quantitative estimate of drug-likeness (QED) is 0.758. The maximum absolute atomic E-state index is 4.50. The molecule has 0 aliphatic heterocycles. The van der Waals surface area contributed by atoms with Gasteiger partial charge in [0.2, 0.25) is 0 Å². The van der Waals surface area contributed by atoms with Gasteiger partial charge in [-0.3, -0.25) is 4.98 Å². The van der Waals surface area contributed by atoms with Crippen molar-refractivity contribution in [3.8, 4) is 0 Å². The van der Waals surface area contributed by atoms with E-state index in [0.29, 0.717) is 6.54 Å². The van der Waals surface area contributed by atoms with E-state index < -0.39 is 0 Å². The second kappa shape index (κ2) is 5.16. The van der Waals surface area contributed by atoms with Gasteiger partial charge in [-0.1, -0.05) is 6.07 Å². The summed E-state index contributed by atoms with van der Waals surface area (Å²) < 4.78 is 1.94. The first kappa shape index (κ1) is 12.4. The minimum Gasteiger partial charge on any atom is -0.372 e. The van der Waals surface area contributed by atoms with Crippen molar-refractivity contribution in [2.45, 2.75) is 13.5 Å². The molecule has 0 saturated heterocycles. The molecule has 0 aliphatic carbocycles. The highest BCUT2D eigenvalue weighted by Crippen LogP contribution is 2.16. The summed E-state index contributed by atoms with van der Waals surface area (Å²) in [5, 5.41) is 6.35. The number of hydrogen-bond acceptors (Lipinski definition) is 5.